The van der Waals surface area contributed by atoms with Crippen LogP contribution in [0.3, 0.4) is 0 Å². The Labute approximate surface area is 102 Å². The van der Waals surface area contributed by atoms with Crippen LogP contribution in [0.15, 0.2) is 18.2 Å². The van der Waals surface area contributed by atoms with Crippen molar-refractivity contribution in [1.29, 1.82) is 0 Å². The van der Waals surface area contributed by atoms with Gasteiger partial charge in [-0.2, -0.15) is 0 Å². The Morgan fingerprint density at radius 1 is 1.33 bits per heavy atom. The molecule has 1 aromatic carbocycles. The van der Waals surface area contributed by atoms with E-state index in [1.165, 1.54) is 6.07 Å². The molecule has 0 unspecified atom stereocenters. The molecule has 98 valence electrons. The summed E-state index contributed by atoms with van der Waals surface area (Å²) in [5.74, 6) is -3.30. The number of carbonyl (C=O) groups is 2. The van der Waals surface area contributed by atoms with Crippen molar-refractivity contribution in [3.8, 4) is 0 Å². The van der Waals surface area contributed by atoms with Crippen molar-refractivity contribution < 1.29 is 23.5 Å². The van der Waals surface area contributed by atoms with Crippen LogP contribution in [0.25, 0.3) is 0 Å². The van der Waals surface area contributed by atoms with Crippen LogP contribution < -0.4 is 10.6 Å². The predicted molar refractivity (Wildman–Crippen MR) is 60.2 cm³/mol. The van der Waals surface area contributed by atoms with Crippen LogP contribution in [0.4, 0.5) is 19.3 Å². The van der Waals surface area contributed by atoms with E-state index in [2.05, 4.69) is 10.6 Å². The fraction of sp³-hybridized carbons (Fsp3) is 0.273. The Morgan fingerprint density at radius 2 is 2.00 bits per heavy atom. The van der Waals surface area contributed by atoms with E-state index in [1.54, 1.807) is 6.92 Å². The SMILES string of the molecule is CC[C@H](NC(=O)Nc1ccc(F)c(F)c1)C(=O)O. The number of benzene rings is 1. The minimum absolute atomic E-state index is 0.0339. The van der Waals surface area contributed by atoms with Crippen molar-refractivity contribution in [2.24, 2.45) is 0 Å². The Kier molecular flexibility index (Phi) is 4.59. The first-order valence-corrected chi connectivity index (χ1v) is 5.19. The van der Waals surface area contributed by atoms with E-state index in [-0.39, 0.29) is 12.1 Å². The lowest BCUT2D eigenvalue weighted by Gasteiger charge is -2.13. The van der Waals surface area contributed by atoms with Crippen LogP contribution >= 0.6 is 0 Å². The van der Waals surface area contributed by atoms with E-state index in [9.17, 15) is 18.4 Å². The topological polar surface area (TPSA) is 78.4 Å². The first-order valence-electron chi connectivity index (χ1n) is 5.19. The van der Waals surface area contributed by atoms with E-state index in [4.69, 9.17) is 5.11 Å². The van der Waals surface area contributed by atoms with Crippen molar-refractivity contribution in [1.82, 2.24) is 5.32 Å². The van der Waals surface area contributed by atoms with Gasteiger partial charge >= 0.3 is 12.0 Å². The van der Waals surface area contributed by atoms with Crippen molar-refractivity contribution >= 4 is 17.7 Å². The number of amides is 2. The lowest BCUT2D eigenvalue weighted by Crippen LogP contribution is -2.42. The summed E-state index contributed by atoms with van der Waals surface area (Å²) in [5, 5.41) is 13.1. The summed E-state index contributed by atoms with van der Waals surface area (Å²) < 4.78 is 25.5. The third-order valence-corrected chi connectivity index (χ3v) is 2.19. The summed E-state index contributed by atoms with van der Waals surface area (Å²) in [6.07, 6.45) is 0.209. The van der Waals surface area contributed by atoms with E-state index < -0.39 is 29.7 Å². The molecule has 7 heteroatoms. The number of carboxylic acids is 1. The number of carbonyl (C=O) groups excluding carboxylic acids is 1. The van der Waals surface area contributed by atoms with Crippen LogP contribution in [0.5, 0.6) is 0 Å². The van der Waals surface area contributed by atoms with Crippen LogP contribution in [-0.4, -0.2) is 23.1 Å². The van der Waals surface area contributed by atoms with Crippen molar-refractivity contribution in [3.63, 3.8) is 0 Å². The molecule has 0 heterocycles. The summed E-state index contributed by atoms with van der Waals surface area (Å²) in [6, 6.07) is 1.00. The maximum atomic E-state index is 12.8. The lowest BCUT2D eigenvalue weighted by atomic mass is 10.2. The van der Waals surface area contributed by atoms with E-state index in [1.807, 2.05) is 0 Å². The molecule has 0 radical (unpaired) electrons. The molecule has 0 aromatic heterocycles. The molecule has 3 N–H and O–H groups in total. The van der Waals surface area contributed by atoms with Gasteiger partial charge in [-0.05, 0) is 18.6 Å². The highest BCUT2D eigenvalue weighted by molar-refractivity contribution is 5.92. The van der Waals surface area contributed by atoms with Gasteiger partial charge in [-0.25, -0.2) is 18.4 Å². The Hall–Kier alpha value is -2.18. The van der Waals surface area contributed by atoms with Gasteiger partial charge in [0.05, 0.1) is 0 Å². The van der Waals surface area contributed by atoms with Gasteiger partial charge in [-0.15, -0.1) is 0 Å². The minimum atomic E-state index is -1.17. The molecule has 5 nitrogen and oxygen atoms in total. The zero-order chi connectivity index (χ0) is 13.7. The molecule has 0 aliphatic heterocycles. The number of halogens is 2. The van der Waals surface area contributed by atoms with Crippen LogP contribution in [-0.2, 0) is 4.79 Å². The fourth-order valence-electron chi connectivity index (χ4n) is 1.24. The summed E-state index contributed by atoms with van der Waals surface area (Å²) >= 11 is 0. The first-order chi connectivity index (χ1) is 8.43. The third kappa shape index (κ3) is 3.69. The van der Waals surface area contributed by atoms with E-state index in [0.717, 1.165) is 12.1 Å². The molecule has 0 saturated carbocycles. The van der Waals surface area contributed by atoms with Gasteiger partial charge < -0.3 is 15.7 Å². The van der Waals surface area contributed by atoms with Crippen LogP contribution in [0.2, 0.25) is 0 Å². The monoisotopic (exact) mass is 258 g/mol. The van der Waals surface area contributed by atoms with Gasteiger partial charge in [0.1, 0.15) is 6.04 Å². The molecular weight excluding hydrogens is 246 g/mol. The lowest BCUT2D eigenvalue weighted by molar-refractivity contribution is -0.139. The maximum Gasteiger partial charge on any atom is 0.326 e. The van der Waals surface area contributed by atoms with Gasteiger partial charge in [0.25, 0.3) is 0 Å². The quantitative estimate of drug-likeness (QED) is 0.772. The molecule has 0 bridgehead atoms. The number of hydrogen-bond donors (Lipinski definition) is 3. The Bertz CT molecular complexity index is 466. The highest BCUT2D eigenvalue weighted by atomic mass is 19.2. The van der Waals surface area contributed by atoms with E-state index in [0.29, 0.717) is 0 Å². The van der Waals surface area contributed by atoms with Gasteiger partial charge in [0, 0.05) is 11.8 Å². The first kappa shape index (κ1) is 13.9. The highest BCUT2D eigenvalue weighted by Crippen LogP contribution is 2.12. The zero-order valence-electron chi connectivity index (χ0n) is 9.54. The number of nitrogens with one attached hydrogen (secondary N) is 2. The van der Waals surface area contributed by atoms with Crippen LogP contribution in [0, 0.1) is 11.6 Å². The van der Waals surface area contributed by atoms with Crippen molar-refractivity contribution in [2.45, 2.75) is 19.4 Å². The molecular formula is C11H12F2N2O3. The fourth-order valence-corrected chi connectivity index (χ4v) is 1.24. The second kappa shape index (κ2) is 5.95. The standard InChI is InChI=1S/C11H12F2N2O3/c1-2-9(10(16)17)15-11(18)14-6-3-4-7(12)8(13)5-6/h3-5,9H,2H2,1H3,(H,16,17)(H2,14,15,18)/t9-/m0/s1. The predicted octanol–water partition coefficient (Wildman–Crippen LogP) is 1.95. The third-order valence-electron chi connectivity index (χ3n) is 2.19. The largest absolute Gasteiger partial charge is 0.480 e. The highest BCUT2D eigenvalue weighted by Gasteiger charge is 2.17. The smallest absolute Gasteiger partial charge is 0.326 e. The number of urea groups is 1. The summed E-state index contributed by atoms with van der Waals surface area (Å²) in [4.78, 5) is 22.0. The Morgan fingerprint density at radius 3 is 2.50 bits per heavy atom. The summed E-state index contributed by atoms with van der Waals surface area (Å²) in [7, 11) is 0. The number of aliphatic carboxylic acids is 1. The molecule has 0 fully saturated rings. The maximum absolute atomic E-state index is 12.8. The normalized spacial score (nSPS) is 11.7. The number of rotatable bonds is 4. The number of hydrogen-bond acceptors (Lipinski definition) is 2. The van der Waals surface area contributed by atoms with Crippen molar-refractivity contribution in [2.75, 3.05) is 5.32 Å². The summed E-state index contributed by atoms with van der Waals surface area (Å²) in [5.41, 5.74) is 0.0339. The molecule has 0 aliphatic carbocycles. The molecule has 0 spiro atoms. The zero-order valence-corrected chi connectivity index (χ0v) is 9.54. The van der Waals surface area contributed by atoms with Gasteiger partial charge in [-0.1, -0.05) is 6.92 Å². The van der Waals surface area contributed by atoms with Gasteiger partial charge in [0.2, 0.25) is 0 Å². The molecule has 1 atom stereocenters. The molecule has 0 saturated heterocycles. The molecule has 1 rings (SSSR count). The van der Waals surface area contributed by atoms with Gasteiger partial charge in [-0.3, -0.25) is 0 Å². The molecule has 2 amide bonds. The Balaban J connectivity index is 2.64. The number of anilines is 1. The second-order valence-electron chi connectivity index (χ2n) is 3.53. The van der Waals surface area contributed by atoms with Crippen LogP contribution in [0.1, 0.15) is 13.3 Å². The van der Waals surface area contributed by atoms with E-state index >= 15 is 0 Å². The average molecular weight is 258 g/mol. The van der Waals surface area contributed by atoms with Gasteiger partial charge in [0.15, 0.2) is 11.6 Å². The second-order valence-corrected chi connectivity index (χ2v) is 3.53. The summed E-state index contributed by atoms with van der Waals surface area (Å²) in [6.45, 7) is 1.59. The molecule has 18 heavy (non-hydrogen) atoms. The molecule has 1 aromatic rings. The minimum Gasteiger partial charge on any atom is -0.480 e. The number of carboxylic acid groups (broad SMARTS) is 1. The molecule has 0 aliphatic rings. The average Bonchev–Trinajstić information content (AvgIpc) is 2.30. The van der Waals surface area contributed by atoms with Crippen molar-refractivity contribution in [3.05, 3.63) is 29.8 Å².